The summed E-state index contributed by atoms with van der Waals surface area (Å²) in [6.07, 6.45) is -0.0456. The average Bonchev–Trinajstić information content (AvgIpc) is 2.85. The van der Waals surface area contributed by atoms with E-state index in [9.17, 15) is 14.4 Å². The third-order valence-corrected chi connectivity index (χ3v) is 4.28. The van der Waals surface area contributed by atoms with Crippen LogP contribution >= 0.6 is 0 Å². The lowest BCUT2D eigenvalue weighted by molar-refractivity contribution is -0.147. The second-order valence-electron chi connectivity index (χ2n) is 5.90. The van der Waals surface area contributed by atoms with Gasteiger partial charge in [-0.25, -0.2) is 0 Å². The number of esters is 1. The minimum Gasteiger partial charge on any atom is -0.497 e. The molecule has 1 aromatic rings. The molecular formula is C18H23NO5. The van der Waals surface area contributed by atoms with Crippen LogP contribution in [0.3, 0.4) is 0 Å². The van der Waals surface area contributed by atoms with Gasteiger partial charge >= 0.3 is 5.97 Å². The van der Waals surface area contributed by atoms with Crippen LogP contribution < -0.4 is 4.74 Å². The molecule has 1 aliphatic rings. The lowest BCUT2D eigenvalue weighted by Gasteiger charge is -2.16. The van der Waals surface area contributed by atoms with Gasteiger partial charge in [0.2, 0.25) is 5.91 Å². The van der Waals surface area contributed by atoms with Crippen LogP contribution in [0, 0.1) is 11.8 Å². The minimum atomic E-state index is -0.625. The number of rotatable bonds is 7. The van der Waals surface area contributed by atoms with Crippen LogP contribution in [0.2, 0.25) is 0 Å². The Morgan fingerprint density at radius 2 is 1.92 bits per heavy atom. The molecule has 0 N–H and O–H groups in total. The summed E-state index contributed by atoms with van der Waals surface area (Å²) in [6, 6.07) is 7.42. The first kappa shape index (κ1) is 18.0. The molecule has 0 spiro atoms. The number of Topliss-reactive ketones (excluding diaryl/α,β-unsaturated/α-hetero) is 1. The third-order valence-electron chi connectivity index (χ3n) is 4.28. The molecule has 2 rings (SSSR count). The fourth-order valence-electron chi connectivity index (χ4n) is 3.00. The summed E-state index contributed by atoms with van der Waals surface area (Å²) in [5, 5.41) is 0. The van der Waals surface area contributed by atoms with E-state index in [1.807, 2.05) is 24.3 Å². The summed E-state index contributed by atoms with van der Waals surface area (Å²) in [5.74, 6) is -1.02. The van der Waals surface area contributed by atoms with Crippen LogP contribution in [0.5, 0.6) is 5.75 Å². The Bertz CT molecular complexity index is 610. The molecule has 0 bridgehead atoms. The summed E-state index contributed by atoms with van der Waals surface area (Å²) < 4.78 is 10.0. The molecule has 6 nitrogen and oxygen atoms in total. The standard InChI is InChI=1S/C18H23NO5/c1-4-24-17(21)9-15-16(12(2)20)11-19(18(15)22)10-13-5-7-14(23-3)8-6-13/h5-8,15-16H,4,9-11H2,1-3H3/t15-,16-/m0/s1. The maximum absolute atomic E-state index is 12.6. The first-order valence-electron chi connectivity index (χ1n) is 8.04. The van der Waals surface area contributed by atoms with Gasteiger partial charge in [0.1, 0.15) is 11.5 Å². The van der Waals surface area contributed by atoms with Gasteiger partial charge in [0.25, 0.3) is 0 Å². The van der Waals surface area contributed by atoms with Gasteiger partial charge in [0.15, 0.2) is 0 Å². The van der Waals surface area contributed by atoms with Gasteiger partial charge in [0.05, 0.1) is 26.1 Å². The highest BCUT2D eigenvalue weighted by Gasteiger charge is 2.43. The summed E-state index contributed by atoms with van der Waals surface area (Å²) in [5.41, 5.74) is 0.947. The van der Waals surface area contributed by atoms with E-state index in [0.29, 0.717) is 13.1 Å². The number of methoxy groups -OCH3 is 1. The quantitative estimate of drug-likeness (QED) is 0.712. The van der Waals surface area contributed by atoms with Gasteiger partial charge in [-0.05, 0) is 31.5 Å². The Morgan fingerprint density at radius 3 is 2.46 bits per heavy atom. The number of likely N-dealkylation sites (tertiary alicyclic amines) is 1. The van der Waals surface area contributed by atoms with Gasteiger partial charge in [0, 0.05) is 19.0 Å². The largest absolute Gasteiger partial charge is 0.497 e. The van der Waals surface area contributed by atoms with Crippen molar-refractivity contribution in [3.63, 3.8) is 0 Å². The minimum absolute atomic E-state index is 0.0456. The van der Waals surface area contributed by atoms with Crippen LogP contribution in [0.15, 0.2) is 24.3 Å². The summed E-state index contributed by atoms with van der Waals surface area (Å²) in [7, 11) is 1.59. The van der Waals surface area contributed by atoms with Crippen LogP contribution in [0.1, 0.15) is 25.8 Å². The lowest BCUT2D eigenvalue weighted by Crippen LogP contribution is -2.28. The number of nitrogens with zero attached hydrogens (tertiary/aromatic N) is 1. The molecule has 1 aromatic carbocycles. The van der Waals surface area contributed by atoms with E-state index in [1.165, 1.54) is 6.92 Å². The molecule has 130 valence electrons. The SMILES string of the molecule is CCOC(=O)C[C@@H]1C(=O)N(Cc2ccc(OC)cc2)C[C@H]1C(C)=O. The van der Waals surface area contributed by atoms with Gasteiger partial charge in [-0.3, -0.25) is 14.4 Å². The maximum atomic E-state index is 12.6. The monoisotopic (exact) mass is 333 g/mol. The van der Waals surface area contributed by atoms with Crippen LogP contribution in [-0.4, -0.2) is 42.8 Å². The number of ketones is 1. The number of hydrogen-bond donors (Lipinski definition) is 0. The maximum Gasteiger partial charge on any atom is 0.306 e. The number of hydrogen-bond acceptors (Lipinski definition) is 5. The Morgan fingerprint density at radius 1 is 1.25 bits per heavy atom. The Hall–Kier alpha value is -2.37. The van der Waals surface area contributed by atoms with Crippen molar-refractivity contribution in [2.75, 3.05) is 20.3 Å². The topological polar surface area (TPSA) is 72.9 Å². The molecular weight excluding hydrogens is 310 g/mol. The molecule has 1 heterocycles. The summed E-state index contributed by atoms with van der Waals surface area (Å²) in [6.45, 7) is 4.19. The van der Waals surface area contributed by atoms with Gasteiger partial charge in [-0.2, -0.15) is 0 Å². The molecule has 1 saturated heterocycles. The molecule has 0 unspecified atom stereocenters. The van der Waals surface area contributed by atoms with E-state index in [-0.39, 0.29) is 24.7 Å². The van der Waals surface area contributed by atoms with Gasteiger partial charge in [-0.1, -0.05) is 12.1 Å². The molecule has 6 heteroatoms. The average molecular weight is 333 g/mol. The van der Waals surface area contributed by atoms with Crippen molar-refractivity contribution in [3.8, 4) is 5.75 Å². The highest BCUT2D eigenvalue weighted by Crippen LogP contribution is 2.30. The van der Waals surface area contributed by atoms with Crippen molar-refractivity contribution in [2.24, 2.45) is 11.8 Å². The molecule has 1 aliphatic heterocycles. The number of carbonyl (C=O) groups is 3. The molecule has 1 amide bonds. The van der Waals surface area contributed by atoms with Crippen LogP contribution in [0.25, 0.3) is 0 Å². The van der Waals surface area contributed by atoms with E-state index < -0.39 is 17.8 Å². The second-order valence-corrected chi connectivity index (χ2v) is 5.90. The number of benzene rings is 1. The summed E-state index contributed by atoms with van der Waals surface area (Å²) in [4.78, 5) is 37.9. The Kier molecular flexibility index (Phi) is 5.95. The van der Waals surface area contributed by atoms with Crippen LogP contribution in [0.4, 0.5) is 0 Å². The van der Waals surface area contributed by atoms with E-state index in [1.54, 1.807) is 18.9 Å². The van der Waals surface area contributed by atoms with Crippen molar-refractivity contribution in [2.45, 2.75) is 26.8 Å². The highest BCUT2D eigenvalue weighted by atomic mass is 16.5. The zero-order valence-corrected chi connectivity index (χ0v) is 14.3. The number of ether oxygens (including phenoxy) is 2. The zero-order chi connectivity index (χ0) is 17.7. The normalized spacial score (nSPS) is 20.1. The summed E-state index contributed by atoms with van der Waals surface area (Å²) >= 11 is 0. The Balaban J connectivity index is 2.09. The van der Waals surface area contributed by atoms with Gasteiger partial charge in [-0.15, -0.1) is 0 Å². The predicted octanol–water partition coefficient (Wildman–Crippen LogP) is 1.81. The first-order chi connectivity index (χ1) is 11.5. The van der Waals surface area contributed by atoms with Crippen LogP contribution in [-0.2, 0) is 25.7 Å². The molecule has 1 fully saturated rings. The predicted molar refractivity (Wildman–Crippen MR) is 87.3 cm³/mol. The molecule has 2 atom stereocenters. The fraction of sp³-hybridized carbons (Fsp3) is 0.500. The molecule has 0 aromatic heterocycles. The van der Waals surface area contributed by atoms with E-state index in [4.69, 9.17) is 9.47 Å². The third kappa shape index (κ3) is 4.13. The van der Waals surface area contributed by atoms with Crippen molar-refractivity contribution in [1.29, 1.82) is 0 Å². The highest BCUT2D eigenvalue weighted by molar-refractivity contribution is 5.93. The second kappa shape index (κ2) is 7.95. The van der Waals surface area contributed by atoms with E-state index in [2.05, 4.69) is 0 Å². The van der Waals surface area contributed by atoms with Crippen molar-refractivity contribution in [3.05, 3.63) is 29.8 Å². The van der Waals surface area contributed by atoms with Crippen molar-refractivity contribution >= 4 is 17.7 Å². The van der Waals surface area contributed by atoms with E-state index >= 15 is 0 Å². The van der Waals surface area contributed by atoms with E-state index in [0.717, 1.165) is 11.3 Å². The lowest BCUT2D eigenvalue weighted by atomic mass is 9.89. The molecule has 0 aliphatic carbocycles. The van der Waals surface area contributed by atoms with Gasteiger partial charge < -0.3 is 14.4 Å². The first-order valence-corrected chi connectivity index (χ1v) is 8.04. The zero-order valence-electron chi connectivity index (χ0n) is 14.3. The molecule has 24 heavy (non-hydrogen) atoms. The smallest absolute Gasteiger partial charge is 0.306 e. The number of amides is 1. The molecule has 0 radical (unpaired) electrons. The molecule has 0 saturated carbocycles. The number of carbonyl (C=O) groups excluding carboxylic acids is 3. The van der Waals surface area contributed by atoms with Crippen molar-refractivity contribution in [1.82, 2.24) is 4.90 Å². The Labute approximate surface area is 141 Å². The van der Waals surface area contributed by atoms with Crippen molar-refractivity contribution < 1.29 is 23.9 Å². The fourth-order valence-corrected chi connectivity index (χ4v) is 3.00.